The van der Waals surface area contributed by atoms with Crippen molar-refractivity contribution >= 4 is 11.9 Å². The zero-order valence-corrected chi connectivity index (χ0v) is 13.9. The summed E-state index contributed by atoms with van der Waals surface area (Å²) in [5.74, 6) is 0.790. The first-order valence-corrected chi connectivity index (χ1v) is 8.64. The van der Waals surface area contributed by atoms with Gasteiger partial charge in [-0.2, -0.15) is 0 Å². The summed E-state index contributed by atoms with van der Waals surface area (Å²) >= 11 is 0. The number of hydrogen-bond acceptors (Lipinski definition) is 5. The second kappa shape index (κ2) is 6.69. The van der Waals surface area contributed by atoms with Crippen molar-refractivity contribution in [3.63, 3.8) is 0 Å². The number of Topliss-reactive ketones (excluding diaryl/α,β-unsaturated/α-hetero) is 1. The van der Waals surface area contributed by atoms with E-state index in [0.29, 0.717) is 23.4 Å². The van der Waals surface area contributed by atoms with Crippen molar-refractivity contribution in [1.29, 1.82) is 0 Å². The van der Waals surface area contributed by atoms with Gasteiger partial charge in [-0.3, -0.25) is 14.7 Å². The maximum atomic E-state index is 12.6. The van der Waals surface area contributed by atoms with E-state index in [9.17, 15) is 9.90 Å². The third-order valence-electron chi connectivity index (χ3n) is 4.73. The molecule has 0 aliphatic carbocycles. The number of phenols is 1. The maximum absolute atomic E-state index is 12.6. The van der Waals surface area contributed by atoms with Crippen molar-refractivity contribution in [1.82, 2.24) is 9.88 Å². The van der Waals surface area contributed by atoms with Crippen LogP contribution in [0.4, 0.5) is 0 Å². The van der Waals surface area contributed by atoms with Crippen molar-refractivity contribution in [3.05, 3.63) is 59.1 Å². The monoisotopic (exact) mass is 336 g/mol. The van der Waals surface area contributed by atoms with Gasteiger partial charge in [0.05, 0.1) is 11.1 Å². The quantitative estimate of drug-likeness (QED) is 0.871. The zero-order chi connectivity index (χ0) is 17.2. The van der Waals surface area contributed by atoms with Crippen LogP contribution in [0.25, 0.3) is 6.08 Å². The fourth-order valence-electron chi connectivity index (χ4n) is 3.40. The number of fused-ring (bicyclic) bond motifs is 1. The average molecular weight is 336 g/mol. The minimum Gasteiger partial charge on any atom is -0.507 e. The molecular weight excluding hydrogens is 316 g/mol. The predicted molar refractivity (Wildman–Crippen MR) is 94.4 cm³/mol. The summed E-state index contributed by atoms with van der Waals surface area (Å²) < 4.78 is 5.87. The lowest BCUT2D eigenvalue weighted by Crippen LogP contribution is -2.29. The van der Waals surface area contributed by atoms with Gasteiger partial charge in [-0.1, -0.05) is 12.5 Å². The van der Waals surface area contributed by atoms with E-state index >= 15 is 0 Å². The third kappa shape index (κ3) is 3.15. The van der Waals surface area contributed by atoms with Crippen LogP contribution in [-0.4, -0.2) is 33.9 Å². The number of aromatic hydroxyl groups is 1. The van der Waals surface area contributed by atoms with E-state index < -0.39 is 0 Å². The number of ketones is 1. The van der Waals surface area contributed by atoms with E-state index in [1.54, 1.807) is 30.6 Å². The number of ether oxygens (including phenoxy) is 1. The Labute approximate surface area is 146 Å². The summed E-state index contributed by atoms with van der Waals surface area (Å²) in [5.41, 5.74) is 2.02. The maximum Gasteiger partial charge on any atom is 0.231 e. The highest BCUT2D eigenvalue weighted by atomic mass is 16.5. The molecule has 25 heavy (non-hydrogen) atoms. The lowest BCUT2D eigenvalue weighted by Gasteiger charge is -2.27. The molecule has 4 rings (SSSR count). The van der Waals surface area contributed by atoms with Crippen molar-refractivity contribution in [2.75, 3.05) is 13.1 Å². The van der Waals surface area contributed by atoms with Crippen molar-refractivity contribution in [2.24, 2.45) is 0 Å². The van der Waals surface area contributed by atoms with Gasteiger partial charge >= 0.3 is 0 Å². The van der Waals surface area contributed by atoms with Crippen LogP contribution < -0.4 is 4.74 Å². The Hall–Kier alpha value is -2.66. The normalized spacial score (nSPS) is 19.0. The molecule has 0 amide bonds. The molecule has 2 aliphatic heterocycles. The van der Waals surface area contributed by atoms with Gasteiger partial charge in [-0.15, -0.1) is 0 Å². The molecule has 1 aromatic carbocycles. The largest absolute Gasteiger partial charge is 0.507 e. The molecule has 5 nitrogen and oxygen atoms in total. The number of hydrogen-bond donors (Lipinski definition) is 1. The van der Waals surface area contributed by atoms with Crippen molar-refractivity contribution < 1.29 is 14.6 Å². The first-order valence-electron chi connectivity index (χ1n) is 8.64. The highest BCUT2D eigenvalue weighted by Gasteiger charge is 2.31. The van der Waals surface area contributed by atoms with Crippen LogP contribution >= 0.6 is 0 Å². The van der Waals surface area contributed by atoms with Gasteiger partial charge in [-0.05, 0) is 55.8 Å². The first kappa shape index (κ1) is 15.8. The Kier molecular flexibility index (Phi) is 4.24. The number of phenolic OH excluding ortho intramolecular Hbond substituents is 1. The number of carbonyl (C=O) groups excluding carboxylic acids is 1. The number of benzene rings is 1. The van der Waals surface area contributed by atoms with Crippen LogP contribution in [0.3, 0.4) is 0 Å². The van der Waals surface area contributed by atoms with Gasteiger partial charge < -0.3 is 9.84 Å². The molecule has 128 valence electrons. The van der Waals surface area contributed by atoms with E-state index in [0.717, 1.165) is 18.7 Å². The highest BCUT2D eigenvalue weighted by Crippen LogP contribution is 2.40. The standard InChI is InChI=1S/C20H20N2O3/c23-17-7-6-15-19(24)18(11-14-5-4-8-21-12-14)25-20(15)16(17)13-22-9-2-1-3-10-22/h4-8,11-12,23H,1-3,9-10,13H2/b18-11+. The SMILES string of the molecule is O=C1/C(=C\c2cccnc2)Oc2c1ccc(O)c2CN1CCCCC1. The fraction of sp³-hybridized carbons (Fsp3) is 0.300. The van der Waals surface area contributed by atoms with Gasteiger partial charge in [0.2, 0.25) is 5.78 Å². The number of piperidine rings is 1. The highest BCUT2D eigenvalue weighted by molar-refractivity contribution is 6.14. The number of carbonyl (C=O) groups is 1. The molecule has 2 aliphatic rings. The third-order valence-corrected chi connectivity index (χ3v) is 4.73. The molecule has 0 unspecified atom stereocenters. The van der Waals surface area contributed by atoms with E-state index in [1.165, 1.54) is 19.3 Å². The molecular formula is C20H20N2O3. The Morgan fingerprint density at radius 2 is 2.04 bits per heavy atom. The Bertz CT molecular complexity index is 824. The molecule has 1 aromatic heterocycles. The minimum atomic E-state index is -0.154. The average Bonchev–Trinajstić information content (AvgIpc) is 2.95. The molecule has 0 spiro atoms. The number of likely N-dealkylation sites (tertiary alicyclic amines) is 1. The molecule has 2 aromatic rings. The molecule has 0 radical (unpaired) electrons. The molecule has 0 atom stereocenters. The number of nitrogens with zero attached hydrogens (tertiary/aromatic N) is 2. The minimum absolute atomic E-state index is 0.154. The Balaban J connectivity index is 1.66. The first-order chi connectivity index (χ1) is 12.2. The summed E-state index contributed by atoms with van der Waals surface area (Å²) in [4.78, 5) is 19.0. The summed E-state index contributed by atoms with van der Waals surface area (Å²) in [6.45, 7) is 2.62. The van der Waals surface area contributed by atoms with E-state index in [2.05, 4.69) is 9.88 Å². The van der Waals surface area contributed by atoms with Gasteiger partial charge in [0.15, 0.2) is 5.76 Å². The number of pyridine rings is 1. The summed E-state index contributed by atoms with van der Waals surface area (Å²) in [5, 5.41) is 10.3. The Morgan fingerprint density at radius 3 is 2.80 bits per heavy atom. The molecule has 0 saturated carbocycles. The second-order valence-electron chi connectivity index (χ2n) is 6.50. The van der Waals surface area contributed by atoms with Gasteiger partial charge in [0.25, 0.3) is 0 Å². The van der Waals surface area contributed by atoms with Crippen LogP contribution in [0, 0.1) is 0 Å². The van der Waals surface area contributed by atoms with Crippen LogP contribution in [-0.2, 0) is 6.54 Å². The van der Waals surface area contributed by atoms with Gasteiger partial charge in [-0.25, -0.2) is 0 Å². The van der Waals surface area contributed by atoms with Crippen LogP contribution in [0.5, 0.6) is 11.5 Å². The van der Waals surface area contributed by atoms with Gasteiger partial charge in [0, 0.05) is 18.9 Å². The van der Waals surface area contributed by atoms with E-state index in [1.807, 2.05) is 12.1 Å². The predicted octanol–water partition coefficient (Wildman–Crippen LogP) is 3.39. The number of rotatable bonds is 3. The van der Waals surface area contributed by atoms with E-state index in [-0.39, 0.29) is 17.3 Å². The zero-order valence-electron chi connectivity index (χ0n) is 13.9. The summed E-state index contributed by atoms with van der Waals surface area (Å²) in [7, 11) is 0. The van der Waals surface area contributed by atoms with E-state index in [4.69, 9.17) is 4.74 Å². The van der Waals surface area contributed by atoms with Gasteiger partial charge in [0.1, 0.15) is 11.5 Å². The topological polar surface area (TPSA) is 62.7 Å². The van der Waals surface area contributed by atoms with Crippen LogP contribution in [0.2, 0.25) is 0 Å². The van der Waals surface area contributed by atoms with Crippen LogP contribution in [0.15, 0.2) is 42.4 Å². The molecule has 0 bridgehead atoms. The molecule has 1 fully saturated rings. The Morgan fingerprint density at radius 1 is 1.20 bits per heavy atom. The fourth-order valence-corrected chi connectivity index (χ4v) is 3.40. The molecule has 1 N–H and O–H groups in total. The van der Waals surface area contributed by atoms with Crippen LogP contribution in [0.1, 0.15) is 40.7 Å². The lowest BCUT2D eigenvalue weighted by molar-refractivity contribution is 0.101. The second-order valence-corrected chi connectivity index (χ2v) is 6.50. The number of aromatic nitrogens is 1. The number of allylic oxidation sites excluding steroid dienone is 1. The summed E-state index contributed by atoms with van der Waals surface area (Å²) in [6.07, 6.45) is 8.64. The lowest BCUT2D eigenvalue weighted by atomic mass is 10.0. The van der Waals surface area contributed by atoms with Crippen molar-refractivity contribution in [2.45, 2.75) is 25.8 Å². The molecule has 1 saturated heterocycles. The smallest absolute Gasteiger partial charge is 0.231 e. The summed E-state index contributed by atoms with van der Waals surface area (Å²) in [6, 6.07) is 6.90. The molecule has 5 heteroatoms. The van der Waals surface area contributed by atoms with Crippen molar-refractivity contribution in [3.8, 4) is 11.5 Å². The molecule has 3 heterocycles.